The molecule has 2 aromatic carbocycles. The second kappa shape index (κ2) is 10.7. The Balaban J connectivity index is 0.000000165. The summed E-state index contributed by atoms with van der Waals surface area (Å²) in [5.74, 6) is 0. The predicted octanol–water partition coefficient (Wildman–Crippen LogP) is 7.31. The molecular formula is C30H23IrN3O-2. The van der Waals surface area contributed by atoms with E-state index in [0.29, 0.717) is 0 Å². The van der Waals surface area contributed by atoms with E-state index >= 15 is 0 Å². The first-order chi connectivity index (χ1) is 16.6. The molecule has 5 heteroatoms. The van der Waals surface area contributed by atoms with Crippen molar-refractivity contribution < 1.29 is 24.5 Å². The Morgan fingerprint density at radius 3 is 2.26 bits per heavy atom. The third-order valence-electron chi connectivity index (χ3n) is 5.76. The second-order valence-electron chi connectivity index (χ2n) is 8.25. The molecule has 1 radical (unpaired) electrons. The first kappa shape index (κ1) is 24.5. The monoisotopic (exact) mass is 634 g/mol. The zero-order valence-electron chi connectivity index (χ0n) is 19.7. The fraction of sp³-hybridized carbons (Fsp3) is 0.100. The van der Waals surface area contributed by atoms with E-state index in [1.807, 2.05) is 36.5 Å². The molecule has 0 N–H and O–H groups in total. The summed E-state index contributed by atoms with van der Waals surface area (Å²) in [6.07, 6.45) is 7.13. The van der Waals surface area contributed by atoms with E-state index in [-0.39, 0.29) is 20.1 Å². The molecule has 0 aliphatic carbocycles. The number of para-hydroxylation sites is 1. The van der Waals surface area contributed by atoms with E-state index in [4.69, 9.17) is 4.42 Å². The molecule has 0 atom stereocenters. The van der Waals surface area contributed by atoms with Gasteiger partial charge in [0, 0.05) is 37.1 Å². The van der Waals surface area contributed by atoms with Gasteiger partial charge in [-0.2, -0.15) is 0 Å². The SMILES string of the molecule is Cc1c[c-]c(-c2cc(C)c(C)cn2)cc1.[Ir].[c-]1ccncc1-c1cc2c(cn1)oc1ccccc12. The number of rotatable bonds is 2. The fourth-order valence-electron chi connectivity index (χ4n) is 3.68. The Morgan fingerprint density at radius 1 is 0.714 bits per heavy atom. The number of hydrogen-bond donors (Lipinski definition) is 0. The maximum Gasteiger partial charge on any atom is 0.151 e. The standard InChI is InChI=1S/C16H9N2O.C14H14N.Ir/c1-2-6-15-12(5-1)13-8-14(18-10-16(13)19-15)11-4-3-7-17-9-11;1-10-4-6-13(7-5-10)14-8-11(2)12(3)9-15-14;/h1-3,5-10H;4-6,8-9H,1-3H3;/q2*-1;. The molecule has 0 unspecified atom stereocenters. The van der Waals surface area contributed by atoms with Gasteiger partial charge in [0.15, 0.2) is 5.58 Å². The molecule has 35 heavy (non-hydrogen) atoms. The van der Waals surface area contributed by atoms with E-state index in [0.717, 1.165) is 44.5 Å². The molecule has 4 heterocycles. The molecule has 0 aliphatic heterocycles. The number of furan rings is 1. The Hall–Kier alpha value is -3.66. The minimum atomic E-state index is 0. The summed E-state index contributed by atoms with van der Waals surface area (Å²) in [6.45, 7) is 6.24. The smallest absolute Gasteiger partial charge is 0.151 e. The van der Waals surface area contributed by atoms with Crippen LogP contribution >= 0.6 is 0 Å². The summed E-state index contributed by atoms with van der Waals surface area (Å²) in [5, 5.41) is 2.17. The van der Waals surface area contributed by atoms with Crippen LogP contribution in [0.15, 0.2) is 89.9 Å². The Bertz CT molecular complexity index is 1580. The molecule has 0 aliphatic rings. The van der Waals surface area contributed by atoms with Crippen molar-refractivity contribution in [1.82, 2.24) is 15.0 Å². The van der Waals surface area contributed by atoms with Crippen molar-refractivity contribution in [3.8, 4) is 22.5 Å². The Labute approximate surface area is 218 Å². The van der Waals surface area contributed by atoms with Gasteiger partial charge >= 0.3 is 0 Å². The van der Waals surface area contributed by atoms with E-state index < -0.39 is 0 Å². The minimum absolute atomic E-state index is 0. The van der Waals surface area contributed by atoms with Gasteiger partial charge in [-0.1, -0.05) is 55.2 Å². The quantitative estimate of drug-likeness (QED) is 0.188. The van der Waals surface area contributed by atoms with E-state index in [9.17, 15) is 0 Å². The van der Waals surface area contributed by atoms with Crippen molar-refractivity contribution in [1.29, 1.82) is 0 Å². The third-order valence-corrected chi connectivity index (χ3v) is 5.76. The van der Waals surface area contributed by atoms with Gasteiger partial charge in [-0.25, -0.2) is 0 Å². The van der Waals surface area contributed by atoms with Crippen molar-refractivity contribution in [2.45, 2.75) is 20.8 Å². The van der Waals surface area contributed by atoms with Crippen LogP contribution in [0, 0.1) is 32.9 Å². The molecular weight excluding hydrogens is 611 g/mol. The summed E-state index contributed by atoms with van der Waals surface area (Å²) in [5.41, 5.74) is 9.20. The van der Waals surface area contributed by atoms with Gasteiger partial charge in [0.25, 0.3) is 0 Å². The maximum absolute atomic E-state index is 5.75. The topological polar surface area (TPSA) is 51.8 Å². The molecule has 4 nitrogen and oxygen atoms in total. The van der Waals surface area contributed by atoms with Crippen LogP contribution in [-0.2, 0) is 20.1 Å². The van der Waals surface area contributed by atoms with Crippen LogP contribution in [-0.4, -0.2) is 15.0 Å². The van der Waals surface area contributed by atoms with Crippen molar-refractivity contribution in [2.75, 3.05) is 0 Å². The predicted molar refractivity (Wildman–Crippen MR) is 136 cm³/mol. The Morgan fingerprint density at radius 2 is 1.51 bits per heavy atom. The fourth-order valence-corrected chi connectivity index (χ4v) is 3.68. The molecule has 175 valence electrons. The molecule has 0 fully saturated rings. The van der Waals surface area contributed by atoms with Gasteiger partial charge in [0.1, 0.15) is 5.58 Å². The van der Waals surface area contributed by atoms with Crippen molar-refractivity contribution in [3.63, 3.8) is 0 Å². The van der Waals surface area contributed by atoms with Gasteiger partial charge in [0.05, 0.1) is 6.20 Å². The average Bonchev–Trinajstić information content (AvgIpc) is 3.25. The number of fused-ring (bicyclic) bond motifs is 3. The molecule has 0 spiro atoms. The molecule has 0 amide bonds. The summed E-state index contributed by atoms with van der Waals surface area (Å²) in [6, 6.07) is 26.4. The van der Waals surface area contributed by atoms with E-state index in [1.54, 1.807) is 24.7 Å². The molecule has 6 rings (SSSR count). The van der Waals surface area contributed by atoms with Gasteiger partial charge in [-0.3, -0.25) is 0 Å². The number of hydrogen-bond acceptors (Lipinski definition) is 4. The summed E-state index contributed by atoms with van der Waals surface area (Å²) < 4.78 is 5.75. The molecule has 6 aromatic rings. The number of aryl methyl sites for hydroxylation is 3. The maximum atomic E-state index is 5.75. The van der Waals surface area contributed by atoms with Crippen LogP contribution < -0.4 is 0 Å². The number of pyridine rings is 3. The largest absolute Gasteiger partial charge is 0.455 e. The third kappa shape index (κ3) is 5.37. The van der Waals surface area contributed by atoms with Gasteiger partial charge in [-0.15, -0.1) is 53.1 Å². The molecule has 0 bridgehead atoms. The van der Waals surface area contributed by atoms with Gasteiger partial charge < -0.3 is 19.4 Å². The number of aromatic nitrogens is 3. The molecule has 0 saturated carbocycles. The van der Waals surface area contributed by atoms with Crippen molar-refractivity contribution in [2.24, 2.45) is 0 Å². The van der Waals surface area contributed by atoms with Crippen molar-refractivity contribution in [3.05, 3.63) is 114 Å². The van der Waals surface area contributed by atoms with Crippen LogP contribution in [0.3, 0.4) is 0 Å². The van der Waals surface area contributed by atoms with Gasteiger partial charge in [-0.05, 0) is 36.9 Å². The zero-order chi connectivity index (χ0) is 23.5. The zero-order valence-corrected chi connectivity index (χ0v) is 22.1. The molecule has 4 aromatic heterocycles. The van der Waals surface area contributed by atoms with Crippen molar-refractivity contribution >= 4 is 21.9 Å². The first-order valence-electron chi connectivity index (χ1n) is 11.1. The van der Waals surface area contributed by atoms with E-state index in [1.165, 1.54) is 16.7 Å². The normalized spacial score (nSPS) is 10.5. The van der Waals surface area contributed by atoms with Gasteiger partial charge in [0.2, 0.25) is 0 Å². The summed E-state index contributed by atoms with van der Waals surface area (Å²) in [4.78, 5) is 12.9. The minimum Gasteiger partial charge on any atom is -0.455 e. The van der Waals surface area contributed by atoms with Crippen LogP contribution in [0.5, 0.6) is 0 Å². The Kier molecular flexibility index (Phi) is 7.50. The van der Waals surface area contributed by atoms with E-state index in [2.05, 4.69) is 72.1 Å². The number of nitrogens with zero attached hydrogens (tertiary/aromatic N) is 3. The molecule has 0 saturated heterocycles. The summed E-state index contributed by atoms with van der Waals surface area (Å²) >= 11 is 0. The van der Waals surface area contributed by atoms with Crippen LogP contribution in [0.4, 0.5) is 0 Å². The second-order valence-corrected chi connectivity index (χ2v) is 8.25. The summed E-state index contributed by atoms with van der Waals surface area (Å²) in [7, 11) is 0. The van der Waals surface area contributed by atoms with Crippen LogP contribution in [0.1, 0.15) is 16.7 Å². The average molecular weight is 634 g/mol. The van der Waals surface area contributed by atoms with Crippen LogP contribution in [0.2, 0.25) is 0 Å². The van der Waals surface area contributed by atoms with Crippen LogP contribution in [0.25, 0.3) is 44.5 Å². The first-order valence-corrected chi connectivity index (χ1v) is 11.1. The number of benzene rings is 2.